The number of aromatic amines is 1. The molecule has 1 aromatic heterocycles. The van der Waals surface area contributed by atoms with Gasteiger partial charge in [0.25, 0.3) is 0 Å². The van der Waals surface area contributed by atoms with Gasteiger partial charge >= 0.3 is 5.69 Å². The Balaban J connectivity index is 2.15. The lowest BCUT2D eigenvalue weighted by atomic mass is 9.84. The summed E-state index contributed by atoms with van der Waals surface area (Å²) in [5.74, 6) is 0.411. The Kier molecular flexibility index (Phi) is 3.85. The van der Waals surface area contributed by atoms with Crippen LogP contribution in [0.15, 0.2) is 41.2 Å². The van der Waals surface area contributed by atoms with Gasteiger partial charge in [-0.05, 0) is 5.56 Å². The van der Waals surface area contributed by atoms with Crippen LogP contribution in [0.25, 0.3) is 0 Å². The van der Waals surface area contributed by atoms with Gasteiger partial charge < -0.3 is 5.32 Å². The Morgan fingerprint density at radius 2 is 2.05 bits per heavy atom. The molecule has 5 heteroatoms. The number of benzene rings is 1. The van der Waals surface area contributed by atoms with E-state index in [9.17, 15) is 4.79 Å². The molecular weight excluding hydrogens is 252 g/mol. The lowest BCUT2D eigenvalue weighted by Crippen LogP contribution is -2.28. The third-order valence-electron chi connectivity index (χ3n) is 3.13. The van der Waals surface area contributed by atoms with Gasteiger partial charge in [-0.15, -0.1) is 0 Å². The van der Waals surface area contributed by atoms with Crippen LogP contribution in [0, 0.1) is 11.3 Å². The van der Waals surface area contributed by atoms with Crippen LogP contribution in [0.5, 0.6) is 0 Å². The Hall–Kier alpha value is -2.61. The van der Waals surface area contributed by atoms with Crippen molar-refractivity contribution in [2.75, 3.05) is 11.9 Å². The van der Waals surface area contributed by atoms with Crippen molar-refractivity contribution in [3.05, 3.63) is 58.1 Å². The van der Waals surface area contributed by atoms with E-state index in [2.05, 4.69) is 41.3 Å². The number of nitrogens with one attached hydrogen (secondary N) is 2. The molecule has 0 aliphatic carbocycles. The number of nitrogens with zero attached hydrogens (tertiary/aromatic N) is 2. The molecule has 0 amide bonds. The summed E-state index contributed by atoms with van der Waals surface area (Å²) in [5.41, 5.74) is 0.755. The van der Waals surface area contributed by atoms with Crippen LogP contribution in [0.1, 0.15) is 25.1 Å². The monoisotopic (exact) mass is 268 g/mol. The van der Waals surface area contributed by atoms with Gasteiger partial charge in [-0.25, -0.2) is 4.79 Å². The summed E-state index contributed by atoms with van der Waals surface area (Å²) in [4.78, 5) is 17.5. The summed E-state index contributed by atoms with van der Waals surface area (Å²) < 4.78 is 0. The zero-order valence-electron chi connectivity index (χ0n) is 11.5. The molecule has 2 rings (SSSR count). The molecule has 2 N–H and O–H groups in total. The lowest BCUT2D eigenvalue weighted by Gasteiger charge is -2.25. The van der Waals surface area contributed by atoms with Crippen molar-refractivity contribution in [2.24, 2.45) is 0 Å². The second-order valence-corrected chi connectivity index (χ2v) is 5.20. The highest BCUT2D eigenvalue weighted by atomic mass is 16.1. The van der Waals surface area contributed by atoms with E-state index in [1.807, 2.05) is 24.3 Å². The fourth-order valence-electron chi connectivity index (χ4n) is 1.91. The molecule has 2 aromatic rings. The zero-order valence-corrected chi connectivity index (χ0v) is 11.5. The van der Waals surface area contributed by atoms with Crippen molar-refractivity contribution in [1.29, 1.82) is 5.26 Å². The molecule has 20 heavy (non-hydrogen) atoms. The van der Waals surface area contributed by atoms with Gasteiger partial charge in [0.1, 0.15) is 17.6 Å². The van der Waals surface area contributed by atoms with Gasteiger partial charge in [-0.3, -0.25) is 4.98 Å². The number of aromatic nitrogens is 2. The minimum atomic E-state index is -0.524. The third kappa shape index (κ3) is 3.23. The summed E-state index contributed by atoms with van der Waals surface area (Å²) >= 11 is 0. The van der Waals surface area contributed by atoms with E-state index in [4.69, 9.17) is 5.26 Å². The fourth-order valence-corrected chi connectivity index (χ4v) is 1.91. The molecule has 0 saturated heterocycles. The Labute approximate surface area is 117 Å². The maximum atomic E-state index is 11.3. The van der Waals surface area contributed by atoms with Crippen molar-refractivity contribution in [1.82, 2.24) is 9.97 Å². The number of hydrogen-bond acceptors (Lipinski definition) is 4. The van der Waals surface area contributed by atoms with E-state index in [1.165, 1.54) is 11.6 Å². The fraction of sp³-hybridized carbons (Fsp3) is 0.267. The SMILES string of the molecule is CC(C)(CNc1cc(C#N)[nH]c(=O)n1)c1ccccc1. The Morgan fingerprint density at radius 3 is 2.70 bits per heavy atom. The predicted molar refractivity (Wildman–Crippen MR) is 77.5 cm³/mol. The molecule has 5 nitrogen and oxygen atoms in total. The first-order valence-corrected chi connectivity index (χ1v) is 6.32. The first-order chi connectivity index (χ1) is 9.51. The van der Waals surface area contributed by atoms with E-state index in [-0.39, 0.29) is 11.1 Å². The lowest BCUT2D eigenvalue weighted by molar-refractivity contribution is 0.556. The standard InChI is InChI=1S/C15H16N4O/c1-15(2,11-6-4-3-5-7-11)10-17-13-8-12(9-16)18-14(20)19-13/h3-8H,10H2,1-2H3,(H2,17,18,19,20). The average molecular weight is 268 g/mol. The number of H-pyrrole nitrogens is 1. The van der Waals surface area contributed by atoms with Gasteiger partial charge in [0.05, 0.1) is 0 Å². The largest absolute Gasteiger partial charge is 0.369 e. The molecule has 0 atom stereocenters. The molecular formula is C15H16N4O. The van der Waals surface area contributed by atoms with Gasteiger partial charge in [0.15, 0.2) is 0 Å². The highest BCUT2D eigenvalue weighted by Crippen LogP contribution is 2.22. The van der Waals surface area contributed by atoms with Crippen LogP contribution in [0.3, 0.4) is 0 Å². The number of rotatable bonds is 4. The molecule has 0 spiro atoms. The van der Waals surface area contributed by atoms with E-state index >= 15 is 0 Å². The molecule has 0 bridgehead atoms. The Bertz CT molecular complexity index is 683. The summed E-state index contributed by atoms with van der Waals surface area (Å²) in [6.07, 6.45) is 0. The Morgan fingerprint density at radius 1 is 1.35 bits per heavy atom. The van der Waals surface area contributed by atoms with E-state index < -0.39 is 5.69 Å². The molecule has 0 saturated carbocycles. The van der Waals surface area contributed by atoms with Crippen LogP contribution in [0.2, 0.25) is 0 Å². The molecule has 102 valence electrons. The topological polar surface area (TPSA) is 81.6 Å². The maximum Gasteiger partial charge on any atom is 0.347 e. The minimum Gasteiger partial charge on any atom is -0.369 e. The summed E-state index contributed by atoms with van der Waals surface area (Å²) in [7, 11) is 0. The average Bonchev–Trinajstić information content (AvgIpc) is 2.45. The van der Waals surface area contributed by atoms with Crippen LogP contribution < -0.4 is 11.0 Å². The smallest absolute Gasteiger partial charge is 0.347 e. The quantitative estimate of drug-likeness (QED) is 0.889. The van der Waals surface area contributed by atoms with Crippen molar-refractivity contribution in [3.8, 4) is 6.07 Å². The molecule has 0 aliphatic rings. The first kappa shape index (κ1) is 13.8. The second-order valence-electron chi connectivity index (χ2n) is 5.20. The third-order valence-corrected chi connectivity index (χ3v) is 3.13. The van der Waals surface area contributed by atoms with E-state index in [1.54, 1.807) is 0 Å². The van der Waals surface area contributed by atoms with Gasteiger partial charge in [0.2, 0.25) is 0 Å². The first-order valence-electron chi connectivity index (χ1n) is 6.32. The number of anilines is 1. The van der Waals surface area contributed by atoms with Crippen molar-refractivity contribution in [3.63, 3.8) is 0 Å². The molecule has 0 fully saturated rings. The minimum absolute atomic E-state index is 0.113. The van der Waals surface area contributed by atoms with Crippen LogP contribution in [-0.4, -0.2) is 16.5 Å². The van der Waals surface area contributed by atoms with Crippen molar-refractivity contribution in [2.45, 2.75) is 19.3 Å². The normalized spacial score (nSPS) is 10.8. The molecule has 0 radical (unpaired) electrons. The van der Waals surface area contributed by atoms with Gasteiger partial charge in [-0.2, -0.15) is 10.2 Å². The summed E-state index contributed by atoms with van der Waals surface area (Å²) in [6, 6.07) is 13.5. The van der Waals surface area contributed by atoms with Gasteiger partial charge in [-0.1, -0.05) is 44.2 Å². The number of hydrogen-bond donors (Lipinski definition) is 2. The summed E-state index contributed by atoms with van der Waals surface area (Å²) in [5, 5.41) is 11.9. The van der Waals surface area contributed by atoms with Crippen molar-refractivity contribution < 1.29 is 0 Å². The van der Waals surface area contributed by atoms with Crippen LogP contribution >= 0.6 is 0 Å². The van der Waals surface area contributed by atoms with Crippen LogP contribution in [0.4, 0.5) is 5.82 Å². The molecule has 1 aromatic carbocycles. The van der Waals surface area contributed by atoms with E-state index in [0.717, 1.165) is 0 Å². The van der Waals surface area contributed by atoms with E-state index in [0.29, 0.717) is 12.4 Å². The summed E-state index contributed by atoms with van der Waals surface area (Å²) in [6.45, 7) is 4.82. The predicted octanol–water partition coefficient (Wildman–Crippen LogP) is 2.03. The van der Waals surface area contributed by atoms with Crippen LogP contribution in [-0.2, 0) is 5.41 Å². The molecule has 1 heterocycles. The second kappa shape index (κ2) is 5.57. The van der Waals surface area contributed by atoms with Crippen molar-refractivity contribution >= 4 is 5.82 Å². The molecule has 0 unspecified atom stereocenters. The molecule has 0 aliphatic heterocycles. The van der Waals surface area contributed by atoms with Gasteiger partial charge in [0, 0.05) is 18.0 Å². The highest BCUT2D eigenvalue weighted by molar-refractivity contribution is 5.40. The number of nitriles is 1. The zero-order chi connectivity index (χ0) is 14.6. The maximum absolute atomic E-state index is 11.3. The highest BCUT2D eigenvalue weighted by Gasteiger charge is 2.20.